The maximum absolute atomic E-state index is 14.3. The molecule has 0 unspecified atom stereocenters. The summed E-state index contributed by atoms with van der Waals surface area (Å²) in [6.45, 7) is 6.02. The number of halogens is 2. The van der Waals surface area contributed by atoms with Crippen LogP contribution in [0.1, 0.15) is 54.4 Å². The van der Waals surface area contributed by atoms with Crippen LogP contribution in [0.2, 0.25) is 0 Å². The van der Waals surface area contributed by atoms with Crippen LogP contribution in [0, 0.1) is 24.0 Å². The minimum absolute atomic E-state index is 0.148. The summed E-state index contributed by atoms with van der Waals surface area (Å²) in [7, 11) is 1.80. The Morgan fingerprint density at radius 1 is 1.00 bits per heavy atom. The van der Waals surface area contributed by atoms with Crippen LogP contribution in [0.25, 0.3) is 10.4 Å². The molecule has 8 rings (SSSR count). The summed E-state index contributed by atoms with van der Waals surface area (Å²) in [5, 5.41) is 5.51. The number of fused-ring (bicyclic) bond motifs is 3. The number of aryl methyl sites for hydroxylation is 1. The summed E-state index contributed by atoms with van der Waals surface area (Å²) in [5.41, 5.74) is 5.47. The molecule has 3 aliphatic rings. The largest absolute Gasteiger partial charge is 0.388 e. The van der Waals surface area contributed by atoms with E-state index >= 15 is 0 Å². The maximum atomic E-state index is 14.3. The third kappa shape index (κ3) is 7.53. The Kier molecular flexibility index (Phi) is 10.3. The molecule has 0 bridgehead atoms. The number of ether oxygens (including phenoxy) is 1. The summed E-state index contributed by atoms with van der Waals surface area (Å²) in [4.78, 5) is 50.5. The van der Waals surface area contributed by atoms with Gasteiger partial charge in [-0.25, -0.2) is 18.7 Å². The molecule has 3 aliphatic heterocycles. The predicted molar refractivity (Wildman–Crippen MR) is 202 cm³/mol. The van der Waals surface area contributed by atoms with Crippen molar-refractivity contribution in [2.24, 2.45) is 5.41 Å². The number of rotatable bonds is 6. The molecule has 53 heavy (non-hydrogen) atoms. The van der Waals surface area contributed by atoms with Crippen LogP contribution in [-0.2, 0) is 11.2 Å². The van der Waals surface area contributed by atoms with Gasteiger partial charge in [0.1, 0.15) is 11.6 Å². The van der Waals surface area contributed by atoms with Crippen molar-refractivity contribution in [2.75, 3.05) is 60.3 Å². The van der Waals surface area contributed by atoms with Gasteiger partial charge >= 0.3 is 0 Å². The molecule has 0 atom stereocenters. The van der Waals surface area contributed by atoms with Gasteiger partial charge in [0.25, 0.3) is 11.8 Å². The minimum Gasteiger partial charge on any atom is -0.388 e. The molecule has 3 aromatic heterocycles. The van der Waals surface area contributed by atoms with Crippen molar-refractivity contribution in [1.29, 1.82) is 0 Å². The number of aldehydes is 1. The van der Waals surface area contributed by atoms with Gasteiger partial charge in [-0.3, -0.25) is 14.4 Å². The molecule has 10 nitrogen and oxygen atoms in total. The topological polar surface area (TPSA) is 117 Å². The second kappa shape index (κ2) is 15.2. The Hall–Kier alpha value is -5.53. The molecule has 0 aliphatic carbocycles. The number of hydrogen-bond donors (Lipinski definition) is 2. The lowest BCUT2D eigenvalue weighted by atomic mass is 9.73. The normalized spacial score (nSPS) is 15.5. The first kappa shape index (κ1) is 35.9. The van der Waals surface area contributed by atoms with Gasteiger partial charge in [0, 0.05) is 79.4 Å². The van der Waals surface area contributed by atoms with Crippen LogP contribution in [-0.4, -0.2) is 68.0 Å². The van der Waals surface area contributed by atoms with Gasteiger partial charge < -0.3 is 25.2 Å². The maximum Gasteiger partial charge on any atom is 0.266 e. The van der Waals surface area contributed by atoms with Gasteiger partial charge in [-0.15, -0.1) is 11.3 Å². The molecule has 2 aromatic carbocycles. The van der Waals surface area contributed by atoms with Gasteiger partial charge in [0.15, 0.2) is 17.9 Å². The Morgan fingerprint density at radius 3 is 2.49 bits per heavy atom. The lowest BCUT2D eigenvalue weighted by Gasteiger charge is -2.53. The number of pyridine rings is 2. The SMILES string of the molecule is CNc1ccc(C(=O)N2CCc3cc(C(=O)Nc4ncccc4F)sc3-c3ccc(F)cc32)cc1.Cc1cnc(N2CC3(CCOCC3)C2)c(C=O)c1. The summed E-state index contributed by atoms with van der Waals surface area (Å²) in [6.07, 6.45) is 6.86. The van der Waals surface area contributed by atoms with Gasteiger partial charge in [0.2, 0.25) is 0 Å². The van der Waals surface area contributed by atoms with E-state index in [-0.39, 0.29) is 11.7 Å². The summed E-state index contributed by atoms with van der Waals surface area (Å²) in [6, 6.07) is 17.7. The van der Waals surface area contributed by atoms with Crippen LogP contribution in [0.3, 0.4) is 0 Å². The first-order valence-electron chi connectivity index (χ1n) is 17.4. The number of anilines is 4. The summed E-state index contributed by atoms with van der Waals surface area (Å²) >= 11 is 1.21. The van der Waals surface area contributed by atoms with Crippen molar-refractivity contribution in [3.8, 4) is 10.4 Å². The highest BCUT2D eigenvalue weighted by atomic mass is 32.1. The highest BCUT2D eigenvalue weighted by Gasteiger charge is 2.44. The minimum atomic E-state index is -0.628. The molecule has 2 saturated heterocycles. The molecule has 1 spiro atoms. The zero-order valence-corrected chi connectivity index (χ0v) is 30.1. The highest BCUT2D eigenvalue weighted by molar-refractivity contribution is 7.17. The first-order chi connectivity index (χ1) is 25.7. The van der Waals surface area contributed by atoms with Crippen molar-refractivity contribution in [1.82, 2.24) is 9.97 Å². The van der Waals surface area contributed by atoms with Crippen LogP contribution in [0.5, 0.6) is 0 Å². The molecule has 2 N–H and O–H groups in total. The van der Waals surface area contributed by atoms with E-state index in [9.17, 15) is 23.2 Å². The molecular weight excluding hydrogens is 699 g/mol. The van der Waals surface area contributed by atoms with E-state index in [1.54, 1.807) is 36.2 Å². The fourth-order valence-corrected chi connectivity index (χ4v) is 8.13. The summed E-state index contributed by atoms with van der Waals surface area (Å²) in [5.74, 6) is -1.12. The van der Waals surface area contributed by atoms with Crippen molar-refractivity contribution < 1.29 is 27.9 Å². The average Bonchev–Trinajstić information content (AvgIpc) is 3.53. The van der Waals surface area contributed by atoms with Gasteiger partial charge in [-0.2, -0.15) is 0 Å². The van der Waals surface area contributed by atoms with Crippen LogP contribution in [0.15, 0.2) is 79.1 Å². The Bertz CT molecular complexity index is 2160. The third-order valence-corrected chi connectivity index (χ3v) is 11.1. The van der Waals surface area contributed by atoms with Crippen molar-refractivity contribution in [3.63, 3.8) is 0 Å². The van der Waals surface area contributed by atoms with Crippen molar-refractivity contribution >= 4 is 52.4 Å². The molecule has 272 valence electrons. The second-order valence-corrected chi connectivity index (χ2v) is 14.5. The fraction of sp³-hybridized carbons (Fsp3) is 0.275. The number of carbonyl (C=O) groups is 3. The lowest BCUT2D eigenvalue weighted by Crippen LogP contribution is -2.59. The van der Waals surface area contributed by atoms with Crippen molar-refractivity contribution in [3.05, 3.63) is 118 Å². The smallest absolute Gasteiger partial charge is 0.266 e. The third-order valence-electron chi connectivity index (χ3n) is 9.85. The number of carbonyl (C=O) groups excluding carboxylic acids is 3. The van der Waals surface area contributed by atoms with E-state index < -0.39 is 17.5 Å². The molecule has 0 radical (unpaired) electrons. The standard InChI is InChI=1S/C26H20F2N4O2S.C14H18N2O2/c1-29-18-7-4-15(5-8-18)26(34)32-12-10-16-13-22(25(33)31-24-20(28)3-2-11-30-24)35-23(16)19-9-6-17(27)14-21(19)32;1-11-6-12(8-17)13(15-7-11)16-9-14(10-16)2-4-18-5-3-14/h2-9,11,13-14,29H,10,12H2,1H3,(H,30,31,33);6-8H,2-5,9-10H2,1H3. The van der Waals surface area contributed by atoms with E-state index in [1.165, 1.54) is 41.8 Å². The van der Waals surface area contributed by atoms with E-state index in [0.717, 1.165) is 72.9 Å². The molecule has 6 heterocycles. The van der Waals surface area contributed by atoms with Gasteiger partial charge in [0.05, 0.1) is 16.1 Å². The quantitative estimate of drug-likeness (QED) is 0.173. The zero-order chi connectivity index (χ0) is 37.1. The number of thiophene rings is 1. The molecule has 2 fully saturated rings. The van der Waals surface area contributed by atoms with E-state index in [0.29, 0.717) is 45.6 Å². The second-order valence-electron chi connectivity index (χ2n) is 13.5. The van der Waals surface area contributed by atoms with Gasteiger partial charge in [-0.1, -0.05) is 0 Å². The van der Waals surface area contributed by atoms with E-state index in [4.69, 9.17) is 4.74 Å². The lowest BCUT2D eigenvalue weighted by molar-refractivity contribution is -0.000498. The molecule has 13 heteroatoms. The zero-order valence-electron chi connectivity index (χ0n) is 29.3. The predicted octanol–water partition coefficient (Wildman–Crippen LogP) is 7.40. The number of benzene rings is 2. The molecule has 5 aromatic rings. The first-order valence-corrected chi connectivity index (χ1v) is 18.2. The van der Waals surface area contributed by atoms with E-state index in [2.05, 4.69) is 25.5 Å². The fourth-order valence-electron chi connectivity index (χ4n) is 6.99. The Labute approximate surface area is 309 Å². The number of nitrogens with zero attached hydrogens (tertiary/aromatic N) is 4. The van der Waals surface area contributed by atoms with Crippen molar-refractivity contribution in [2.45, 2.75) is 26.2 Å². The average molecular weight is 737 g/mol. The highest BCUT2D eigenvalue weighted by Crippen LogP contribution is 2.43. The summed E-state index contributed by atoms with van der Waals surface area (Å²) < 4.78 is 33.6. The number of nitrogens with one attached hydrogen (secondary N) is 2. The number of hydrogen-bond acceptors (Lipinski definition) is 9. The van der Waals surface area contributed by atoms with Crippen LogP contribution >= 0.6 is 11.3 Å². The van der Waals surface area contributed by atoms with E-state index in [1.807, 2.05) is 31.3 Å². The van der Waals surface area contributed by atoms with Crippen LogP contribution < -0.4 is 20.4 Å². The van der Waals surface area contributed by atoms with Crippen LogP contribution in [0.4, 0.5) is 31.8 Å². The Morgan fingerprint density at radius 2 is 1.77 bits per heavy atom. The Balaban J connectivity index is 0.000000202. The van der Waals surface area contributed by atoms with Gasteiger partial charge in [-0.05, 0) is 104 Å². The molecular formula is C40H38F2N6O4S. The molecule has 0 saturated carbocycles. The number of aromatic nitrogens is 2. The number of amides is 2. The monoisotopic (exact) mass is 736 g/mol. The molecule has 2 amide bonds.